The third-order valence-electron chi connectivity index (χ3n) is 1.67. The van der Waals surface area contributed by atoms with E-state index in [1.807, 2.05) is 0 Å². The molecule has 0 atom stereocenters. The minimum atomic E-state index is 0.128. The molecule has 0 aromatic heterocycles. The number of rotatable bonds is 6. The highest BCUT2D eigenvalue weighted by Crippen LogP contribution is 2.23. The molecule has 5 heteroatoms. The maximum Gasteiger partial charge on any atom is 0.122 e. The lowest BCUT2D eigenvalue weighted by atomic mass is 10.3. The van der Waals surface area contributed by atoms with Crippen molar-refractivity contribution in [3.05, 3.63) is 28.2 Å². The largest absolute Gasteiger partial charge is 0.492 e. The van der Waals surface area contributed by atoms with Gasteiger partial charge < -0.3 is 15.2 Å². The zero-order valence-corrected chi connectivity index (χ0v) is 9.68. The normalized spacial score (nSPS) is 10.3. The molecule has 0 spiro atoms. The minimum Gasteiger partial charge on any atom is -0.492 e. The highest BCUT2D eigenvalue weighted by Gasteiger charge is 1.98. The Morgan fingerprint density at radius 1 is 1.13 bits per heavy atom. The van der Waals surface area contributed by atoms with Gasteiger partial charge in [-0.3, -0.25) is 0 Å². The number of hydrogen-bond acceptors (Lipinski definition) is 3. The van der Waals surface area contributed by atoms with Crippen LogP contribution in [-0.2, 0) is 0 Å². The van der Waals surface area contributed by atoms with E-state index in [0.29, 0.717) is 35.5 Å². The fraction of sp³-hybridized carbons (Fsp3) is 0.400. The average Bonchev–Trinajstić information content (AvgIpc) is 2.16. The molecule has 0 saturated heterocycles. The van der Waals surface area contributed by atoms with Crippen LogP contribution < -0.4 is 10.1 Å². The van der Waals surface area contributed by atoms with Gasteiger partial charge in [-0.2, -0.15) is 0 Å². The Bertz CT molecular complexity index is 287. The van der Waals surface area contributed by atoms with Gasteiger partial charge in [-0.25, -0.2) is 0 Å². The number of ether oxygens (including phenoxy) is 1. The van der Waals surface area contributed by atoms with Gasteiger partial charge in [-0.15, -0.1) is 0 Å². The fourth-order valence-electron chi connectivity index (χ4n) is 1.06. The summed E-state index contributed by atoms with van der Waals surface area (Å²) in [7, 11) is 0. The fourth-order valence-corrected chi connectivity index (χ4v) is 1.56. The summed E-state index contributed by atoms with van der Waals surface area (Å²) in [5.74, 6) is 0.651. The predicted molar refractivity (Wildman–Crippen MR) is 61.9 cm³/mol. The topological polar surface area (TPSA) is 41.5 Å². The van der Waals surface area contributed by atoms with Gasteiger partial charge in [0.25, 0.3) is 0 Å². The van der Waals surface area contributed by atoms with Crippen molar-refractivity contribution in [3.63, 3.8) is 0 Å². The molecule has 2 N–H and O–H groups in total. The molecule has 0 aliphatic rings. The number of halogens is 2. The van der Waals surface area contributed by atoms with Crippen molar-refractivity contribution in [2.45, 2.75) is 0 Å². The van der Waals surface area contributed by atoms with Crippen LogP contribution in [0.5, 0.6) is 5.75 Å². The van der Waals surface area contributed by atoms with E-state index in [-0.39, 0.29) is 6.61 Å². The van der Waals surface area contributed by atoms with Crippen LogP contribution in [0.25, 0.3) is 0 Å². The summed E-state index contributed by atoms with van der Waals surface area (Å²) in [5, 5.41) is 12.6. The van der Waals surface area contributed by atoms with Crippen molar-refractivity contribution in [2.24, 2.45) is 0 Å². The van der Waals surface area contributed by atoms with Gasteiger partial charge in [-0.05, 0) is 18.2 Å². The van der Waals surface area contributed by atoms with E-state index in [1.165, 1.54) is 0 Å². The first kappa shape index (κ1) is 12.6. The van der Waals surface area contributed by atoms with Crippen molar-refractivity contribution in [1.29, 1.82) is 0 Å². The number of benzene rings is 1. The number of nitrogens with one attached hydrogen (secondary N) is 1. The van der Waals surface area contributed by atoms with Crippen LogP contribution >= 0.6 is 23.2 Å². The second-order valence-corrected chi connectivity index (χ2v) is 3.80. The van der Waals surface area contributed by atoms with Gasteiger partial charge in [0.05, 0.1) is 6.61 Å². The Morgan fingerprint density at radius 2 is 1.80 bits per heavy atom. The summed E-state index contributed by atoms with van der Waals surface area (Å²) in [5.41, 5.74) is 0. The van der Waals surface area contributed by atoms with E-state index in [1.54, 1.807) is 18.2 Å². The molecule has 1 aromatic carbocycles. The van der Waals surface area contributed by atoms with Gasteiger partial charge in [0.2, 0.25) is 0 Å². The summed E-state index contributed by atoms with van der Waals surface area (Å²) < 4.78 is 5.40. The predicted octanol–water partition coefficient (Wildman–Crippen LogP) is 1.95. The number of aliphatic hydroxyl groups excluding tert-OH is 1. The van der Waals surface area contributed by atoms with E-state index < -0.39 is 0 Å². The first-order valence-corrected chi connectivity index (χ1v) is 5.38. The van der Waals surface area contributed by atoms with Crippen LogP contribution in [-0.4, -0.2) is 31.4 Å². The maximum atomic E-state index is 8.52. The van der Waals surface area contributed by atoms with E-state index in [2.05, 4.69) is 5.32 Å². The highest BCUT2D eigenvalue weighted by atomic mass is 35.5. The Morgan fingerprint density at radius 3 is 2.40 bits per heavy atom. The zero-order valence-electron chi connectivity index (χ0n) is 8.17. The van der Waals surface area contributed by atoms with Crippen molar-refractivity contribution in [1.82, 2.24) is 5.32 Å². The Hall–Kier alpha value is -0.480. The summed E-state index contributed by atoms with van der Waals surface area (Å²) in [6, 6.07) is 5.07. The van der Waals surface area contributed by atoms with E-state index >= 15 is 0 Å². The molecular weight excluding hydrogens is 237 g/mol. The monoisotopic (exact) mass is 249 g/mol. The third kappa shape index (κ3) is 5.23. The molecule has 0 radical (unpaired) electrons. The first-order valence-electron chi connectivity index (χ1n) is 4.63. The Balaban J connectivity index is 2.31. The molecule has 84 valence electrons. The van der Waals surface area contributed by atoms with E-state index in [9.17, 15) is 0 Å². The molecule has 0 amide bonds. The number of aliphatic hydroxyl groups is 1. The molecule has 3 nitrogen and oxygen atoms in total. The van der Waals surface area contributed by atoms with Crippen LogP contribution in [0.3, 0.4) is 0 Å². The Labute approximate surface area is 99.0 Å². The van der Waals surface area contributed by atoms with E-state index in [0.717, 1.165) is 0 Å². The third-order valence-corrected chi connectivity index (χ3v) is 2.11. The van der Waals surface area contributed by atoms with Crippen LogP contribution in [0.2, 0.25) is 10.0 Å². The van der Waals surface area contributed by atoms with Gasteiger partial charge in [-0.1, -0.05) is 23.2 Å². The lowest BCUT2D eigenvalue weighted by Crippen LogP contribution is -2.23. The van der Waals surface area contributed by atoms with Crippen LogP contribution in [0.1, 0.15) is 0 Å². The molecule has 0 aliphatic heterocycles. The van der Waals surface area contributed by atoms with Gasteiger partial charge in [0.1, 0.15) is 12.4 Å². The number of hydrogen-bond donors (Lipinski definition) is 2. The van der Waals surface area contributed by atoms with Crippen LogP contribution in [0.15, 0.2) is 18.2 Å². The van der Waals surface area contributed by atoms with E-state index in [4.69, 9.17) is 33.0 Å². The maximum absolute atomic E-state index is 8.52. The summed E-state index contributed by atoms with van der Waals surface area (Å²) in [6.07, 6.45) is 0. The molecule has 0 saturated carbocycles. The first-order chi connectivity index (χ1) is 7.22. The molecule has 1 rings (SSSR count). The highest BCUT2D eigenvalue weighted by molar-refractivity contribution is 6.34. The van der Waals surface area contributed by atoms with Crippen LogP contribution in [0.4, 0.5) is 0 Å². The lowest BCUT2D eigenvalue weighted by molar-refractivity contribution is 0.276. The molecule has 0 heterocycles. The van der Waals surface area contributed by atoms with Crippen molar-refractivity contribution in [3.8, 4) is 5.75 Å². The summed E-state index contributed by atoms with van der Waals surface area (Å²) in [4.78, 5) is 0. The second kappa shape index (κ2) is 6.90. The quantitative estimate of drug-likeness (QED) is 0.758. The van der Waals surface area contributed by atoms with Crippen molar-refractivity contribution in [2.75, 3.05) is 26.3 Å². The molecule has 0 bridgehead atoms. The average molecular weight is 250 g/mol. The SMILES string of the molecule is OCCNCCOc1cc(Cl)cc(Cl)c1. The molecule has 0 unspecified atom stereocenters. The standard InChI is InChI=1S/C10H13Cl2NO2/c11-8-5-9(12)7-10(6-8)15-4-2-13-1-3-14/h5-7,13-14H,1-4H2. The molecular formula is C10H13Cl2NO2. The van der Waals surface area contributed by atoms with Crippen LogP contribution in [0, 0.1) is 0 Å². The second-order valence-electron chi connectivity index (χ2n) is 2.93. The molecule has 0 aliphatic carbocycles. The summed E-state index contributed by atoms with van der Waals surface area (Å²) >= 11 is 11.6. The summed E-state index contributed by atoms with van der Waals surface area (Å²) in [6.45, 7) is 1.88. The molecule has 15 heavy (non-hydrogen) atoms. The lowest BCUT2D eigenvalue weighted by Gasteiger charge is -2.07. The molecule has 1 aromatic rings. The minimum absolute atomic E-state index is 0.128. The molecule has 0 fully saturated rings. The van der Waals surface area contributed by atoms with Gasteiger partial charge in [0.15, 0.2) is 0 Å². The van der Waals surface area contributed by atoms with Crippen molar-refractivity contribution < 1.29 is 9.84 Å². The van der Waals surface area contributed by atoms with Gasteiger partial charge >= 0.3 is 0 Å². The smallest absolute Gasteiger partial charge is 0.122 e. The van der Waals surface area contributed by atoms with Crippen molar-refractivity contribution >= 4 is 23.2 Å². The Kier molecular flexibility index (Phi) is 5.79. The van der Waals surface area contributed by atoms with Gasteiger partial charge in [0, 0.05) is 23.1 Å². The zero-order chi connectivity index (χ0) is 11.1.